The highest BCUT2D eigenvalue weighted by atomic mass is 35.5. The summed E-state index contributed by atoms with van der Waals surface area (Å²) in [6.07, 6.45) is 1.81. The highest BCUT2D eigenvalue weighted by Gasteiger charge is 2.07. The predicted molar refractivity (Wildman–Crippen MR) is 69.9 cm³/mol. The Labute approximate surface area is 108 Å². The van der Waals surface area contributed by atoms with E-state index in [0.717, 1.165) is 28.5 Å². The van der Waals surface area contributed by atoms with Crippen LogP contribution in [0, 0.1) is 5.82 Å². The van der Waals surface area contributed by atoms with Crippen LogP contribution in [0.4, 0.5) is 4.39 Å². The summed E-state index contributed by atoms with van der Waals surface area (Å²) in [6.45, 7) is 3.77. The molecule has 90 valence electrons. The van der Waals surface area contributed by atoms with Crippen molar-refractivity contribution in [3.05, 3.63) is 40.1 Å². The fourth-order valence-electron chi connectivity index (χ4n) is 1.40. The number of hydrogen-bond acceptors (Lipinski definition) is 3. The van der Waals surface area contributed by atoms with Crippen LogP contribution >= 0.6 is 22.9 Å². The number of aromatic nitrogens is 1. The number of halogens is 2. The molecular formula is C12H12ClFN2S. The van der Waals surface area contributed by atoms with Crippen molar-refractivity contribution in [3.63, 3.8) is 0 Å². The lowest BCUT2D eigenvalue weighted by atomic mass is 10.2. The number of benzene rings is 1. The van der Waals surface area contributed by atoms with Crippen LogP contribution in [0.5, 0.6) is 0 Å². The van der Waals surface area contributed by atoms with Gasteiger partial charge in [0.05, 0.1) is 5.02 Å². The smallest absolute Gasteiger partial charge is 0.142 e. The van der Waals surface area contributed by atoms with Crippen LogP contribution in [0.2, 0.25) is 5.02 Å². The minimum absolute atomic E-state index is 0.137. The van der Waals surface area contributed by atoms with E-state index in [4.69, 9.17) is 11.6 Å². The van der Waals surface area contributed by atoms with Gasteiger partial charge >= 0.3 is 0 Å². The molecule has 0 saturated carbocycles. The van der Waals surface area contributed by atoms with Gasteiger partial charge in [0.25, 0.3) is 0 Å². The van der Waals surface area contributed by atoms with Crippen LogP contribution in [0.25, 0.3) is 10.6 Å². The van der Waals surface area contributed by atoms with Gasteiger partial charge in [-0.2, -0.15) is 0 Å². The van der Waals surface area contributed by atoms with Crippen LogP contribution in [0.15, 0.2) is 24.4 Å². The molecule has 0 radical (unpaired) electrons. The molecule has 0 aliphatic rings. The maximum absolute atomic E-state index is 13.3. The van der Waals surface area contributed by atoms with E-state index in [1.54, 1.807) is 23.5 Å². The third-order valence-corrected chi connectivity index (χ3v) is 3.62. The summed E-state index contributed by atoms with van der Waals surface area (Å²) in [4.78, 5) is 5.42. The van der Waals surface area contributed by atoms with Crippen LogP contribution in [-0.2, 0) is 6.54 Å². The maximum Gasteiger partial charge on any atom is 0.142 e. The average molecular weight is 271 g/mol. The van der Waals surface area contributed by atoms with Crippen molar-refractivity contribution in [3.8, 4) is 10.6 Å². The molecule has 0 fully saturated rings. The molecule has 1 aromatic carbocycles. The van der Waals surface area contributed by atoms with Crippen LogP contribution in [0.1, 0.15) is 11.8 Å². The summed E-state index contributed by atoms with van der Waals surface area (Å²) >= 11 is 7.20. The van der Waals surface area contributed by atoms with E-state index in [-0.39, 0.29) is 5.02 Å². The van der Waals surface area contributed by atoms with Gasteiger partial charge in [-0.25, -0.2) is 9.37 Å². The highest BCUT2D eigenvalue weighted by Crippen LogP contribution is 2.27. The van der Waals surface area contributed by atoms with Gasteiger partial charge < -0.3 is 5.32 Å². The van der Waals surface area contributed by atoms with E-state index in [1.807, 2.05) is 6.20 Å². The summed E-state index contributed by atoms with van der Waals surface area (Å²) in [5.41, 5.74) is 0.764. The second kappa shape index (κ2) is 5.58. The Morgan fingerprint density at radius 3 is 3.00 bits per heavy atom. The van der Waals surface area contributed by atoms with Crippen molar-refractivity contribution < 1.29 is 4.39 Å². The number of nitrogens with zero attached hydrogens (tertiary/aromatic N) is 1. The Kier molecular flexibility index (Phi) is 4.10. The van der Waals surface area contributed by atoms with E-state index in [0.29, 0.717) is 0 Å². The molecule has 0 saturated heterocycles. The molecule has 2 nitrogen and oxygen atoms in total. The molecule has 0 atom stereocenters. The van der Waals surface area contributed by atoms with Crippen molar-refractivity contribution in [2.75, 3.05) is 6.54 Å². The molecule has 0 bridgehead atoms. The zero-order valence-corrected chi connectivity index (χ0v) is 10.9. The lowest BCUT2D eigenvalue weighted by Gasteiger charge is -1.98. The first-order valence-corrected chi connectivity index (χ1v) is 6.51. The SMILES string of the molecule is CCNCc1cnc(-c2ccc(Cl)c(F)c2)s1. The second-order valence-electron chi connectivity index (χ2n) is 3.54. The topological polar surface area (TPSA) is 24.9 Å². The molecule has 2 aromatic rings. The molecule has 17 heavy (non-hydrogen) atoms. The predicted octanol–water partition coefficient (Wildman–Crippen LogP) is 3.71. The van der Waals surface area contributed by atoms with Crippen molar-refractivity contribution in [1.29, 1.82) is 0 Å². The minimum Gasteiger partial charge on any atom is -0.312 e. The van der Waals surface area contributed by atoms with Crippen molar-refractivity contribution in [2.24, 2.45) is 0 Å². The number of nitrogens with one attached hydrogen (secondary N) is 1. The summed E-state index contributed by atoms with van der Waals surface area (Å²) in [6, 6.07) is 4.75. The zero-order chi connectivity index (χ0) is 12.3. The first-order valence-electron chi connectivity index (χ1n) is 5.31. The zero-order valence-electron chi connectivity index (χ0n) is 9.34. The first-order chi connectivity index (χ1) is 8.20. The lowest BCUT2D eigenvalue weighted by Crippen LogP contribution is -2.10. The van der Waals surface area contributed by atoms with Crippen LogP contribution < -0.4 is 5.32 Å². The fourth-order valence-corrected chi connectivity index (χ4v) is 2.40. The van der Waals surface area contributed by atoms with Gasteiger partial charge in [0.1, 0.15) is 10.8 Å². The molecule has 0 aliphatic carbocycles. The number of rotatable bonds is 4. The fraction of sp³-hybridized carbons (Fsp3) is 0.250. The molecule has 1 aromatic heterocycles. The van der Waals surface area contributed by atoms with Gasteiger partial charge in [0.2, 0.25) is 0 Å². The minimum atomic E-state index is -0.410. The monoisotopic (exact) mass is 270 g/mol. The standard InChI is InChI=1S/C12H12ClFN2S/c1-2-15-6-9-7-16-12(17-9)8-3-4-10(13)11(14)5-8/h3-5,7,15H,2,6H2,1H3. The lowest BCUT2D eigenvalue weighted by molar-refractivity contribution is 0.629. The normalized spacial score (nSPS) is 10.8. The summed E-state index contributed by atoms with van der Waals surface area (Å²) < 4.78 is 13.3. The molecule has 1 heterocycles. The van der Waals surface area contributed by atoms with E-state index in [2.05, 4.69) is 17.2 Å². The second-order valence-corrected chi connectivity index (χ2v) is 5.06. The van der Waals surface area contributed by atoms with Crippen molar-refractivity contribution >= 4 is 22.9 Å². The average Bonchev–Trinajstić information content (AvgIpc) is 2.79. The van der Waals surface area contributed by atoms with Crippen LogP contribution in [-0.4, -0.2) is 11.5 Å². The Morgan fingerprint density at radius 2 is 2.29 bits per heavy atom. The van der Waals surface area contributed by atoms with Crippen molar-refractivity contribution in [1.82, 2.24) is 10.3 Å². The molecule has 1 N–H and O–H groups in total. The third-order valence-electron chi connectivity index (χ3n) is 2.27. The van der Waals surface area contributed by atoms with E-state index in [1.165, 1.54) is 6.07 Å². The molecule has 2 rings (SSSR count). The van der Waals surface area contributed by atoms with E-state index >= 15 is 0 Å². The Balaban J connectivity index is 2.21. The van der Waals surface area contributed by atoms with Crippen molar-refractivity contribution in [2.45, 2.75) is 13.5 Å². The molecule has 5 heteroatoms. The van der Waals surface area contributed by atoms with E-state index < -0.39 is 5.82 Å². The quantitative estimate of drug-likeness (QED) is 0.916. The molecule has 0 spiro atoms. The van der Waals surface area contributed by atoms with Gasteiger partial charge in [0, 0.05) is 23.2 Å². The van der Waals surface area contributed by atoms with Gasteiger partial charge in [-0.15, -0.1) is 11.3 Å². The third kappa shape index (κ3) is 3.03. The molecular weight excluding hydrogens is 259 g/mol. The molecule has 0 aliphatic heterocycles. The van der Waals surface area contributed by atoms with E-state index in [9.17, 15) is 4.39 Å². The number of hydrogen-bond donors (Lipinski definition) is 1. The Hall–Kier alpha value is -0.970. The highest BCUT2D eigenvalue weighted by molar-refractivity contribution is 7.15. The first kappa shape index (κ1) is 12.5. The summed E-state index contributed by atoms with van der Waals surface area (Å²) in [7, 11) is 0. The Morgan fingerprint density at radius 1 is 1.47 bits per heavy atom. The summed E-state index contributed by atoms with van der Waals surface area (Å²) in [5.74, 6) is -0.410. The van der Waals surface area contributed by atoms with Gasteiger partial charge in [-0.05, 0) is 18.7 Å². The van der Waals surface area contributed by atoms with Gasteiger partial charge in [-0.3, -0.25) is 0 Å². The van der Waals surface area contributed by atoms with Gasteiger partial charge in [0.15, 0.2) is 0 Å². The van der Waals surface area contributed by atoms with Crippen LogP contribution in [0.3, 0.4) is 0 Å². The van der Waals surface area contributed by atoms with Gasteiger partial charge in [-0.1, -0.05) is 24.6 Å². The number of thiazole rings is 1. The maximum atomic E-state index is 13.3. The largest absolute Gasteiger partial charge is 0.312 e. The Bertz CT molecular complexity index is 513. The molecule has 0 amide bonds. The summed E-state index contributed by atoms with van der Waals surface area (Å²) in [5, 5.41) is 4.18. The molecule has 0 unspecified atom stereocenters.